The van der Waals surface area contributed by atoms with E-state index < -0.39 is 6.17 Å². The second-order valence-electron chi connectivity index (χ2n) is 5.30. The molecule has 1 amide bonds. The summed E-state index contributed by atoms with van der Waals surface area (Å²) in [6.07, 6.45) is 2.29. The predicted octanol–water partition coefficient (Wildman–Crippen LogP) is 2.19. The molecule has 2 heterocycles. The van der Waals surface area contributed by atoms with E-state index in [1.807, 2.05) is 11.8 Å². The van der Waals surface area contributed by atoms with E-state index in [-0.39, 0.29) is 23.3 Å². The number of nitrogens with zero attached hydrogens (tertiary/aromatic N) is 4. The number of carbonyl (C=O) groups excluding carboxylic acids is 1. The molecular formula is C13H16ClFN4O. The maximum absolute atomic E-state index is 13.2. The van der Waals surface area contributed by atoms with Crippen LogP contribution >= 0.6 is 11.6 Å². The number of carbonyl (C=O) groups is 1. The smallest absolute Gasteiger partial charge is 0.249 e. The van der Waals surface area contributed by atoms with E-state index in [1.165, 1.54) is 0 Å². The monoisotopic (exact) mass is 298 g/mol. The van der Waals surface area contributed by atoms with Gasteiger partial charge in [0.25, 0.3) is 0 Å². The second-order valence-corrected chi connectivity index (χ2v) is 5.64. The first-order valence-electron chi connectivity index (χ1n) is 6.75. The van der Waals surface area contributed by atoms with Crippen molar-refractivity contribution in [2.24, 2.45) is 0 Å². The maximum Gasteiger partial charge on any atom is 0.249 e. The Morgan fingerprint density at radius 1 is 1.50 bits per heavy atom. The SMILES string of the molecule is CC[C@@H]1C(=O)N(C)c2cnc(Cl)nc2N1C1CC(F)C1. The van der Waals surface area contributed by atoms with Crippen LogP contribution in [-0.2, 0) is 4.79 Å². The molecule has 0 saturated heterocycles. The van der Waals surface area contributed by atoms with E-state index in [2.05, 4.69) is 9.97 Å². The lowest BCUT2D eigenvalue weighted by molar-refractivity contribution is -0.120. The summed E-state index contributed by atoms with van der Waals surface area (Å²) in [6.45, 7) is 1.95. The van der Waals surface area contributed by atoms with Gasteiger partial charge in [-0.1, -0.05) is 6.92 Å². The van der Waals surface area contributed by atoms with E-state index in [0.717, 1.165) is 0 Å². The minimum Gasteiger partial charge on any atom is -0.339 e. The first-order chi connectivity index (χ1) is 9.52. The molecule has 0 unspecified atom stereocenters. The van der Waals surface area contributed by atoms with Gasteiger partial charge in [0, 0.05) is 13.1 Å². The van der Waals surface area contributed by atoms with Gasteiger partial charge in [-0.25, -0.2) is 9.37 Å². The Morgan fingerprint density at radius 3 is 2.80 bits per heavy atom. The molecule has 7 heteroatoms. The minimum atomic E-state index is -0.784. The lowest BCUT2D eigenvalue weighted by atomic mass is 9.87. The highest BCUT2D eigenvalue weighted by Gasteiger charge is 2.44. The second kappa shape index (κ2) is 4.84. The van der Waals surface area contributed by atoms with Crippen molar-refractivity contribution in [2.75, 3.05) is 16.8 Å². The quantitative estimate of drug-likeness (QED) is 0.785. The molecule has 108 valence electrons. The van der Waals surface area contributed by atoms with Crippen LogP contribution in [0.2, 0.25) is 5.28 Å². The minimum absolute atomic E-state index is 0.00627. The third-order valence-corrected chi connectivity index (χ3v) is 4.30. The molecule has 1 aromatic heterocycles. The summed E-state index contributed by atoms with van der Waals surface area (Å²) in [5.41, 5.74) is 0.631. The van der Waals surface area contributed by atoms with Crippen molar-refractivity contribution in [3.63, 3.8) is 0 Å². The van der Waals surface area contributed by atoms with Crippen molar-refractivity contribution >= 4 is 29.0 Å². The fourth-order valence-corrected chi connectivity index (χ4v) is 3.06. The van der Waals surface area contributed by atoms with E-state index >= 15 is 0 Å². The third kappa shape index (κ3) is 1.93. The Hall–Kier alpha value is -1.43. The van der Waals surface area contributed by atoms with Gasteiger partial charge in [-0.15, -0.1) is 0 Å². The van der Waals surface area contributed by atoms with Crippen LogP contribution in [0.5, 0.6) is 0 Å². The molecule has 0 aromatic carbocycles. The summed E-state index contributed by atoms with van der Waals surface area (Å²) >= 11 is 5.89. The van der Waals surface area contributed by atoms with Crippen LogP contribution in [0.4, 0.5) is 15.9 Å². The fraction of sp³-hybridized carbons (Fsp3) is 0.615. The van der Waals surface area contributed by atoms with Gasteiger partial charge in [0.15, 0.2) is 5.82 Å². The Bertz CT molecular complexity index is 549. The Kier molecular flexibility index (Phi) is 3.28. The highest BCUT2D eigenvalue weighted by Crippen LogP contribution is 2.41. The maximum atomic E-state index is 13.2. The molecule has 0 spiro atoms. The number of anilines is 2. The number of hydrogen-bond donors (Lipinski definition) is 0. The van der Waals surface area contributed by atoms with Crippen molar-refractivity contribution < 1.29 is 9.18 Å². The molecule has 0 radical (unpaired) electrons. The van der Waals surface area contributed by atoms with Gasteiger partial charge in [0.2, 0.25) is 11.2 Å². The highest BCUT2D eigenvalue weighted by atomic mass is 35.5. The third-order valence-electron chi connectivity index (χ3n) is 4.11. The first-order valence-corrected chi connectivity index (χ1v) is 7.13. The van der Waals surface area contributed by atoms with Gasteiger partial charge in [-0.3, -0.25) is 4.79 Å². The summed E-state index contributed by atoms with van der Waals surface area (Å²) in [4.78, 5) is 24.1. The average Bonchev–Trinajstić information content (AvgIpc) is 2.39. The van der Waals surface area contributed by atoms with Crippen molar-refractivity contribution in [2.45, 2.75) is 44.4 Å². The van der Waals surface area contributed by atoms with Crippen molar-refractivity contribution in [3.05, 3.63) is 11.5 Å². The normalized spacial score (nSPS) is 29.2. The van der Waals surface area contributed by atoms with Gasteiger partial charge in [0.05, 0.1) is 6.20 Å². The van der Waals surface area contributed by atoms with Crippen LogP contribution in [0, 0.1) is 0 Å². The van der Waals surface area contributed by atoms with Crippen LogP contribution in [0.3, 0.4) is 0 Å². The lowest BCUT2D eigenvalue weighted by Gasteiger charge is -2.48. The first kappa shape index (κ1) is 13.5. The topological polar surface area (TPSA) is 49.3 Å². The summed E-state index contributed by atoms with van der Waals surface area (Å²) in [7, 11) is 1.71. The highest BCUT2D eigenvalue weighted by molar-refractivity contribution is 6.28. The molecular weight excluding hydrogens is 283 g/mol. The zero-order valence-corrected chi connectivity index (χ0v) is 12.1. The lowest BCUT2D eigenvalue weighted by Crippen LogP contribution is -2.59. The molecule has 1 fully saturated rings. The van der Waals surface area contributed by atoms with Crippen molar-refractivity contribution in [1.82, 2.24) is 9.97 Å². The number of rotatable bonds is 2. The number of amides is 1. The molecule has 1 aromatic rings. The predicted molar refractivity (Wildman–Crippen MR) is 74.9 cm³/mol. The molecule has 1 aliphatic heterocycles. The van der Waals surface area contributed by atoms with Gasteiger partial charge >= 0.3 is 0 Å². The van der Waals surface area contributed by atoms with Gasteiger partial charge in [0.1, 0.15) is 17.9 Å². The van der Waals surface area contributed by atoms with Crippen LogP contribution < -0.4 is 9.80 Å². The number of halogens is 2. The molecule has 3 rings (SSSR count). The van der Waals surface area contributed by atoms with Crippen LogP contribution in [0.25, 0.3) is 0 Å². The standard InChI is InChI=1S/C13H16ClFN4O/c1-3-9-12(20)18(2)10-6-16-13(14)17-11(10)19(9)8-4-7(15)5-8/h6-9H,3-5H2,1-2H3/t7?,8?,9-/m1/s1. The summed E-state index contributed by atoms with van der Waals surface area (Å²) in [6, 6.07) is -0.298. The zero-order chi connectivity index (χ0) is 14.4. The van der Waals surface area contributed by atoms with Gasteiger partial charge < -0.3 is 9.80 Å². The van der Waals surface area contributed by atoms with Crippen molar-refractivity contribution in [1.29, 1.82) is 0 Å². The number of likely N-dealkylation sites (N-methyl/N-ethyl adjacent to an activating group) is 1. The number of alkyl halides is 1. The number of aromatic nitrogens is 2. The summed E-state index contributed by atoms with van der Waals surface area (Å²) < 4.78 is 13.2. The number of fused-ring (bicyclic) bond motifs is 1. The zero-order valence-electron chi connectivity index (χ0n) is 11.4. The Morgan fingerprint density at radius 2 is 2.20 bits per heavy atom. The van der Waals surface area contributed by atoms with E-state index in [0.29, 0.717) is 30.8 Å². The van der Waals surface area contributed by atoms with Crippen LogP contribution in [0.15, 0.2) is 6.20 Å². The Labute approximate surface area is 121 Å². The molecule has 1 saturated carbocycles. The van der Waals surface area contributed by atoms with E-state index in [9.17, 15) is 9.18 Å². The molecule has 5 nitrogen and oxygen atoms in total. The molecule has 20 heavy (non-hydrogen) atoms. The van der Waals surface area contributed by atoms with E-state index in [4.69, 9.17) is 11.6 Å². The van der Waals surface area contributed by atoms with Gasteiger partial charge in [-0.05, 0) is 30.9 Å². The largest absolute Gasteiger partial charge is 0.339 e. The molecule has 1 atom stereocenters. The molecule has 2 aliphatic rings. The van der Waals surface area contributed by atoms with E-state index in [1.54, 1.807) is 18.1 Å². The van der Waals surface area contributed by atoms with Crippen molar-refractivity contribution in [3.8, 4) is 0 Å². The molecule has 0 N–H and O–H groups in total. The summed E-state index contributed by atoms with van der Waals surface area (Å²) in [5, 5.41) is 0.141. The molecule has 1 aliphatic carbocycles. The summed E-state index contributed by atoms with van der Waals surface area (Å²) in [5.74, 6) is 0.629. The van der Waals surface area contributed by atoms with Crippen LogP contribution in [-0.4, -0.2) is 41.2 Å². The average molecular weight is 299 g/mol. The number of hydrogen-bond acceptors (Lipinski definition) is 4. The van der Waals surface area contributed by atoms with Gasteiger partial charge in [-0.2, -0.15) is 4.98 Å². The Balaban J connectivity index is 2.07. The van der Waals surface area contributed by atoms with Crippen LogP contribution in [0.1, 0.15) is 26.2 Å². The molecule has 0 bridgehead atoms. The fourth-order valence-electron chi connectivity index (χ4n) is 2.93.